The maximum Gasteiger partial charge on any atom is 0.295 e. The molecule has 162 valence electrons. The van der Waals surface area contributed by atoms with E-state index in [0.29, 0.717) is 16.9 Å². The fraction of sp³-hybridized carbons (Fsp3) is 0.360. The van der Waals surface area contributed by atoms with Crippen LogP contribution in [0.1, 0.15) is 54.8 Å². The van der Waals surface area contributed by atoms with E-state index in [1.54, 1.807) is 42.3 Å². The topological polar surface area (TPSA) is 66.8 Å². The van der Waals surface area contributed by atoms with E-state index in [0.717, 1.165) is 37.7 Å². The average molecular weight is 423 g/mol. The maximum atomic E-state index is 13.6. The zero-order valence-electron chi connectivity index (χ0n) is 17.7. The van der Waals surface area contributed by atoms with Crippen molar-refractivity contribution in [3.05, 3.63) is 70.5 Å². The lowest BCUT2D eigenvalue weighted by atomic mass is 9.90. The Bertz CT molecular complexity index is 1040. The van der Waals surface area contributed by atoms with Crippen LogP contribution >= 0.6 is 0 Å². The largest absolute Gasteiger partial charge is 0.507 e. The molecule has 1 aliphatic carbocycles. The van der Waals surface area contributed by atoms with Crippen molar-refractivity contribution >= 4 is 17.4 Å². The predicted molar refractivity (Wildman–Crippen MR) is 115 cm³/mol. The molecular formula is C25H26FNO4. The van der Waals surface area contributed by atoms with Gasteiger partial charge in [-0.1, -0.05) is 31.4 Å². The minimum absolute atomic E-state index is 0.0513. The molecule has 1 saturated heterocycles. The third-order valence-corrected chi connectivity index (χ3v) is 6.32. The number of nitrogens with zero attached hydrogens (tertiary/aromatic N) is 1. The van der Waals surface area contributed by atoms with Crippen LogP contribution in [0.5, 0.6) is 5.75 Å². The first-order chi connectivity index (χ1) is 14.9. The first-order valence-electron chi connectivity index (χ1n) is 10.6. The van der Waals surface area contributed by atoms with Crippen molar-refractivity contribution in [1.82, 2.24) is 4.90 Å². The third-order valence-electron chi connectivity index (χ3n) is 6.32. The fourth-order valence-electron chi connectivity index (χ4n) is 4.73. The number of aryl methyl sites for hydroxylation is 1. The van der Waals surface area contributed by atoms with Crippen molar-refractivity contribution in [2.24, 2.45) is 0 Å². The number of ketones is 1. The van der Waals surface area contributed by atoms with Gasteiger partial charge in [-0.25, -0.2) is 4.39 Å². The van der Waals surface area contributed by atoms with E-state index >= 15 is 0 Å². The van der Waals surface area contributed by atoms with E-state index in [1.807, 2.05) is 6.92 Å². The molecule has 1 atom stereocenters. The molecule has 2 aromatic rings. The molecule has 6 heteroatoms. The Morgan fingerprint density at radius 3 is 2.35 bits per heavy atom. The molecule has 2 fully saturated rings. The first-order valence-corrected chi connectivity index (χ1v) is 10.6. The molecule has 2 aromatic carbocycles. The van der Waals surface area contributed by atoms with Crippen molar-refractivity contribution in [3.63, 3.8) is 0 Å². The van der Waals surface area contributed by atoms with E-state index in [-0.39, 0.29) is 17.4 Å². The van der Waals surface area contributed by atoms with Crippen LogP contribution in [-0.4, -0.2) is 34.8 Å². The lowest BCUT2D eigenvalue weighted by Crippen LogP contribution is -2.40. The highest BCUT2D eigenvalue weighted by molar-refractivity contribution is 6.46. The third kappa shape index (κ3) is 3.82. The van der Waals surface area contributed by atoms with Gasteiger partial charge in [-0.3, -0.25) is 9.59 Å². The van der Waals surface area contributed by atoms with Crippen molar-refractivity contribution in [2.45, 2.75) is 51.1 Å². The molecule has 4 rings (SSSR count). The number of carbonyl (C=O) groups is 2. The summed E-state index contributed by atoms with van der Waals surface area (Å²) in [6.45, 7) is 1.81. The monoisotopic (exact) mass is 423 g/mol. The minimum Gasteiger partial charge on any atom is -0.507 e. The Balaban J connectivity index is 1.87. The SMILES string of the molecule is COc1ccc(/C(O)=C2/C(=O)C(=O)N(C3CCCCC3)C2c2ccc(F)cc2)c(C)c1. The van der Waals surface area contributed by atoms with Gasteiger partial charge in [0.05, 0.1) is 18.7 Å². The van der Waals surface area contributed by atoms with Crippen molar-refractivity contribution in [2.75, 3.05) is 7.11 Å². The van der Waals surface area contributed by atoms with Gasteiger partial charge in [0.15, 0.2) is 0 Å². The standard InChI is InChI=1S/C25H26FNO4/c1-15-14-19(31-2)12-13-20(15)23(28)21-22(16-8-10-17(26)11-9-16)27(25(30)24(21)29)18-6-4-3-5-7-18/h8-14,18,22,28H,3-7H2,1-2H3/b23-21-. The number of halogens is 1. The molecule has 2 aliphatic rings. The normalized spacial score (nSPS) is 21.5. The van der Waals surface area contributed by atoms with Crippen LogP contribution in [0.25, 0.3) is 5.76 Å². The second-order valence-corrected chi connectivity index (χ2v) is 8.23. The number of Topliss-reactive ketones (excluding diaryl/α,β-unsaturated/α-hetero) is 1. The summed E-state index contributed by atoms with van der Waals surface area (Å²) in [6.07, 6.45) is 4.70. The van der Waals surface area contributed by atoms with Gasteiger partial charge in [-0.2, -0.15) is 0 Å². The predicted octanol–water partition coefficient (Wildman–Crippen LogP) is 4.90. The number of carbonyl (C=O) groups excluding carboxylic acids is 2. The number of benzene rings is 2. The summed E-state index contributed by atoms with van der Waals surface area (Å²) in [5.74, 6) is -1.29. The van der Waals surface area contributed by atoms with Gasteiger partial charge < -0.3 is 14.7 Å². The lowest BCUT2D eigenvalue weighted by Gasteiger charge is -2.35. The summed E-state index contributed by atoms with van der Waals surface area (Å²) in [6, 6.07) is 10.1. The van der Waals surface area contributed by atoms with E-state index < -0.39 is 23.5 Å². The highest BCUT2D eigenvalue weighted by atomic mass is 19.1. The zero-order valence-corrected chi connectivity index (χ0v) is 17.7. The van der Waals surface area contributed by atoms with E-state index in [2.05, 4.69) is 0 Å². The highest BCUT2D eigenvalue weighted by Gasteiger charge is 2.48. The summed E-state index contributed by atoms with van der Waals surface area (Å²) in [4.78, 5) is 27.9. The molecule has 1 saturated carbocycles. The molecule has 1 amide bonds. The molecule has 1 N–H and O–H groups in total. The molecule has 0 radical (unpaired) electrons. The zero-order chi connectivity index (χ0) is 22.1. The summed E-state index contributed by atoms with van der Waals surface area (Å²) in [7, 11) is 1.55. The van der Waals surface area contributed by atoms with Gasteiger partial charge >= 0.3 is 0 Å². The van der Waals surface area contributed by atoms with Crippen LogP contribution in [-0.2, 0) is 9.59 Å². The molecule has 1 heterocycles. The van der Waals surface area contributed by atoms with Crippen LogP contribution < -0.4 is 4.74 Å². The Kier molecular flexibility index (Phi) is 5.81. The fourth-order valence-corrected chi connectivity index (χ4v) is 4.73. The summed E-state index contributed by atoms with van der Waals surface area (Å²) >= 11 is 0. The first kappa shape index (κ1) is 21.1. The maximum absolute atomic E-state index is 13.6. The summed E-state index contributed by atoms with van der Waals surface area (Å²) in [5.41, 5.74) is 1.85. The molecule has 31 heavy (non-hydrogen) atoms. The Labute approximate surface area is 181 Å². The van der Waals surface area contributed by atoms with Gasteiger partial charge in [0, 0.05) is 11.6 Å². The Morgan fingerprint density at radius 2 is 1.74 bits per heavy atom. The minimum atomic E-state index is -0.745. The van der Waals surface area contributed by atoms with Gasteiger partial charge in [-0.05, 0) is 61.2 Å². The summed E-state index contributed by atoms with van der Waals surface area (Å²) < 4.78 is 18.8. The molecule has 0 bridgehead atoms. The number of rotatable bonds is 4. The van der Waals surface area contributed by atoms with Crippen molar-refractivity contribution < 1.29 is 23.8 Å². The Morgan fingerprint density at radius 1 is 1.06 bits per heavy atom. The molecule has 1 unspecified atom stereocenters. The van der Waals surface area contributed by atoms with Crippen LogP contribution in [0.15, 0.2) is 48.0 Å². The molecule has 5 nitrogen and oxygen atoms in total. The van der Waals surface area contributed by atoms with Crippen LogP contribution in [0.2, 0.25) is 0 Å². The smallest absolute Gasteiger partial charge is 0.295 e. The number of likely N-dealkylation sites (tertiary alicyclic amines) is 1. The number of ether oxygens (including phenoxy) is 1. The second kappa shape index (κ2) is 8.53. The average Bonchev–Trinajstić information content (AvgIpc) is 3.05. The van der Waals surface area contributed by atoms with E-state index in [4.69, 9.17) is 4.74 Å². The van der Waals surface area contributed by atoms with Gasteiger partial charge in [-0.15, -0.1) is 0 Å². The van der Waals surface area contributed by atoms with E-state index in [1.165, 1.54) is 12.1 Å². The lowest BCUT2D eigenvalue weighted by molar-refractivity contribution is -0.141. The quantitative estimate of drug-likeness (QED) is 0.432. The van der Waals surface area contributed by atoms with Crippen molar-refractivity contribution in [3.8, 4) is 5.75 Å². The number of amides is 1. The van der Waals surface area contributed by atoms with Gasteiger partial charge in [0.1, 0.15) is 17.3 Å². The van der Waals surface area contributed by atoms with Gasteiger partial charge in [0.2, 0.25) is 0 Å². The summed E-state index contributed by atoms with van der Waals surface area (Å²) in [5, 5.41) is 11.2. The molecule has 0 spiro atoms. The molecule has 0 aromatic heterocycles. The highest BCUT2D eigenvalue weighted by Crippen LogP contribution is 2.43. The molecular weight excluding hydrogens is 397 g/mol. The van der Waals surface area contributed by atoms with Gasteiger partial charge in [0.25, 0.3) is 11.7 Å². The van der Waals surface area contributed by atoms with Crippen molar-refractivity contribution in [1.29, 1.82) is 0 Å². The van der Waals surface area contributed by atoms with Crippen LogP contribution in [0.3, 0.4) is 0 Å². The van der Waals surface area contributed by atoms with Crippen LogP contribution in [0.4, 0.5) is 4.39 Å². The second-order valence-electron chi connectivity index (χ2n) is 8.23. The number of hydrogen-bond acceptors (Lipinski definition) is 4. The van der Waals surface area contributed by atoms with Crippen LogP contribution in [0, 0.1) is 12.7 Å². The number of methoxy groups -OCH3 is 1. The Hall–Kier alpha value is -3.15. The van der Waals surface area contributed by atoms with E-state index in [9.17, 15) is 19.1 Å². The number of hydrogen-bond donors (Lipinski definition) is 1. The molecule has 1 aliphatic heterocycles. The number of aliphatic hydroxyl groups is 1. The number of aliphatic hydroxyl groups excluding tert-OH is 1.